The highest BCUT2D eigenvalue weighted by Gasteiger charge is 2.35. The number of rotatable bonds is 8. The third-order valence-electron chi connectivity index (χ3n) is 2.19. The minimum Gasteiger partial charge on any atom is -0.462 e. The van der Waals surface area contributed by atoms with Crippen LogP contribution < -0.4 is 4.74 Å². The molecule has 0 saturated carbocycles. The third kappa shape index (κ3) is 6.95. The van der Waals surface area contributed by atoms with E-state index in [-0.39, 0.29) is 13.2 Å². The highest BCUT2D eigenvalue weighted by atomic mass is 79.9. The molecule has 0 aromatic heterocycles. The van der Waals surface area contributed by atoms with Crippen LogP contribution in [-0.2, 0) is 14.3 Å². The number of alkyl halides is 3. The number of benzene rings is 1. The molecular weight excluding hydrogens is 472 g/mol. The van der Waals surface area contributed by atoms with Gasteiger partial charge in [0.15, 0.2) is 5.01 Å². The van der Waals surface area contributed by atoms with Crippen LogP contribution in [0.5, 0.6) is 5.75 Å². The molecule has 0 radical (unpaired) electrons. The molecule has 0 aliphatic rings. The van der Waals surface area contributed by atoms with Gasteiger partial charge in [-0.2, -0.15) is 0 Å². The van der Waals surface area contributed by atoms with Crippen molar-refractivity contribution in [1.29, 1.82) is 0 Å². The number of carbonyl (C=O) groups excluding carboxylic acids is 1. The molecule has 0 aliphatic carbocycles. The second-order valence-corrected chi connectivity index (χ2v) is 8.33. The molecule has 1 aromatic rings. The summed E-state index contributed by atoms with van der Waals surface area (Å²) >= 11 is 10.1. The summed E-state index contributed by atoms with van der Waals surface area (Å²) in [6.07, 6.45) is 0. The van der Waals surface area contributed by atoms with Gasteiger partial charge in [0.2, 0.25) is 0 Å². The maximum Gasteiger partial charge on any atom is 0.333 e. The Morgan fingerprint density at radius 1 is 1.29 bits per heavy atom. The van der Waals surface area contributed by atoms with Crippen molar-refractivity contribution in [2.45, 2.75) is 15.4 Å². The molecule has 1 aromatic carbocycles. The van der Waals surface area contributed by atoms with Crippen molar-refractivity contribution in [2.75, 3.05) is 13.2 Å². The first-order chi connectivity index (χ1) is 9.83. The van der Waals surface area contributed by atoms with Gasteiger partial charge in [0.25, 0.3) is 3.42 Å². The normalized spacial score (nSPS) is 12.6. The largest absolute Gasteiger partial charge is 0.462 e. The standard InChI is InChI=1S/C14H15Br3O4/c1-10(2)12(18)19-8-9-20-13(15)14(16,17)21-11-6-4-3-5-7-11/h3-7,13H,1,8-9H2,2H3. The smallest absolute Gasteiger partial charge is 0.333 e. The maximum atomic E-state index is 11.2. The second-order valence-electron chi connectivity index (χ2n) is 4.08. The Hall–Kier alpha value is -0.370. The monoisotopic (exact) mass is 484 g/mol. The molecule has 0 bridgehead atoms. The van der Waals surface area contributed by atoms with Gasteiger partial charge in [0, 0.05) is 5.57 Å². The second kappa shape index (κ2) is 8.92. The molecule has 0 N–H and O–H groups in total. The van der Waals surface area contributed by atoms with Crippen LogP contribution in [0, 0.1) is 0 Å². The summed E-state index contributed by atoms with van der Waals surface area (Å²) in [4.78, 5) is 11.2. The zero-order chi connectivity index (χ0) is 15.9. The summed E-state index contributed by atoms with van der Waals surface area (Å²) in [5, 5.41) is -0.506. The first-order valence-electron chi connectivity index (χ1n) is 6.03. The summed E-state index contributed by atoms with van der Waals surface area (Å²) in [5.41, 5.74) is 0.355. The van der Waals surface area contributed by atoms with Gasteiger partial charge in [-0.05, 0) is 50.9 Å². The lowest BCUT2D eigenvalue weighted by molar-refractivity contribution is -0.140. The highest BCUT2D eigenvalue weighted by molar-refractivity contribution is 9.26. The molecule has 7 heteroatoms. The summed E-state index contributed by atoms with van der Waals surface area (Å²) < 4.78 is 15.2. The van der Waals surface area contributed by atoms with E-state index in [1.54, 1.807) is 6.92 Å². The van der Waals surface area contributed by atoms with Crippen LogP contribution in [0.1, 0.15) is 6.92 Å². The lowest BCUT2D eigenvalue weighted by Crippen LogP contribution is -2.34. The number of hydrogen-bond acceptors (Lipinski definition) is 4. The molecule has 116 valence electrons. The third-order valence-corrected chi connectivity index (χ3v) is 5.48. The van der Waals surface area contributed by atoms with Crippen LogP contribution >= 0.6 is 47.8 Å². The SMILES string of the molecule is C=C(C)C(=O)OCCOC(Br)C(Br)(Br)Oc1ccccc1. The van der Waals surface area contributed by atoms with Gasteiger partial charge in [0.1, 0.15) is 12.4 Å². The first kappa shape index (κ1) is 18.7. The maximum absolute atomic E-state index is 11.2. The molecule has 1 unspecified atom stereocenters. The van der Waals surface area contributed by atoms with Gasteiger partial charge in [-0.15, -0.1) is 0 Å². The molecule has 0 amide bonds. The molecule has 0 spiro atoms. The number of carbonyl (C=O) groups is 1. The number of hydrogen-bond donors (Lipinski definition) is 0. The number of para-hydroxylation sites is 1. The van der Waals surface area contributed by atoms with Crippen molar-refractivity contribution in [3.05, 3.63) is 42.5 Å². The van der Waals surface area contributed by atoms with Crippen molar-refractivity contribution in [3.8, 4) is 5.75 Å². The highest BCUT2D eigenvalue weighted by Crippen LogP contribution is 2.37. The van der Waals surface area contributed by atoms with E-state index < -0.39 is 14.4 Å². The fourth-order valence-electron chi connectivity index (χ4n) is 1.20. The Balaban J connectivity index is 2.37. The fraction of sp³-hybridized carbons (Fsp3) is 0.357. The van der Waals surface area contributed by atoms with Gasteiger partial charge in [-0.25, -0.2) is 4.79 Å². The van der Waals surface area contributed by atoms with Crippen molar-refractivity contribution in [3.63, 3.8) is 0 Å². The molecule has 0 fully saturated rings. The Morgan fingerprint density at radius 3 is 2.48 bits per heavy atom. The molecule has 0 heterocycles. The van der Waals surface area contributed by atoms with Crippen molar-refractivity contribution in [2.24, 2.45) is 0 Å². The fourth-order valence-corrected chi connectivity index (χ4v) is 2.12. The van der Waals surface area contributed by atoms with E-state index in [0.717, 1.165) is 0 Å². The Morgan fingerprint density at radius 2 is 1.90 bits per heavy atom. The number of halogens is 3. The lowest BCUT2D eigenvalue weighted by Gasteiger charge is -2.27. The summed E-state index contributed by atoms with van der Waals surface area (Å²) in [6.45, 7) is 5.43. The van der Waals surface area contributed by atoms with E-state index in [2.05, 4.69) is 54.4 Å². The average Bonchev–Trinajstić information content (AvgIpc) is 2.43. The number of esters is 1. The van der Waals surface area contributed by atoms with Gasteiger partial charge < -0.3 is 14.2 Å². The summed E-state index contributed by atoms with van der Waals surface area (Å²) in [6, 6.07) is 9.28. The van der Waals surface area contributed by atoms with Crippen LogP contribution in [0.2, 0.25) is 0 Å². The number of ether oxygens (including phenoxy) is 3. The quantitative estimate of drug-likeness (QED) is 0.237. The van der Waals surface area contributed by atoms with Crippen LogP contribution in [0.3, 0.4) is 0 Å². The van der Waals surface area contributed by atoms with Crippen molar-refractivity contribution >= 4 is 53.8 Å². The van der Waals surface area contributed by atoms with Crippen molar-refractivity contribution < 1.29 is 19.0 Å². The van der Waals surface area contributed by atoms with Crippen LogP contribution in [0.25, 0.3) is 0 Å². The predicted molar refractivity (Wildman–Crippen MR) is 92.1 cm³/mol. The van der Waals surface area contributed by atoms with E-state index in [4.69, 9.17) is 14.2 Å². The minimum atomic E-state index is -0.945. The van der Waals surface area contributed by atoms with E-state index in [0.29, 0.717) is 11.3 Å². The minimum absolute atomic E-state index is 0.134. The van der Waals surface area contributed by atoms with Crippen LogP contribution in [0.15, 0.2) is 42.5 Å². The summed E-state index contributed by atoms with van der Waals surface area (Å²) in [7, 11) is 0. The van der Waals surface area contributed by atoms with E-state index in [1.165, 1.54) is 0 Å². The first-order valence-corrected chi connectivity index (χ1v) is 8.53. The predicted octanol–water partition coefficient (Wildman–Crippen LogP) is 4.37. The Labute approximate surface area is 149 Å². The topological polar surface area (TPSA) is 44.8 Å². The average molecular weight is 487 g/mol. The van der Waals surface area contributed by atoms with Gasteiger partial charge in [-0.3, -0.25) is 0 Å². The van der Waals surface area contributed by atoms with Gasteiger partial charge >= 0.3 is 5.97 Å². The molecule has 1 rings (SSSR count). The molecule has 0 aliphatic heterocycles. The van der Waals surface area contributed by atoms with Crippen LogP contribution in [0.4, 0.5) is 0 Å². The van der Waals surface area contributed by atoms with E-state index in [1.807, 2.05) is 30.3 Å². The molecule has 0 saturated heterocycles. The lowest BCUT2D eigenvalue weighted by atomic mass is 10.3. The molecule has 1 atom stereocenters. The van der Waals surface area contributed by atoms with Gasteiger partial charge in [-0.1, -0.05) is 40.7 Å². The van der Waals surface area contributed by atoms with E-state index in [9.17, 15) is 4.79 Å². The zero-order valence-corrected chi connectivity index (χ0v) is 16.1. The summed E-state index contributed by atoms with van der Waals surface area (Å²) in [5.74, 6) is 0.238. The zero-order valence-electron chi connectivity index (χ0n) is 11.4. The molecular formula is C14H15Br3O4. The molecule has 4 nitrogen and oxygen atoms in total. The van der Waals surface area contributed by atoms with Crippen molar-refractivity contribution in [1.82, 2.24) is 0 Å². The van der Waals surface area contributed by atoms with Gasteiger partial charge in [0.05, 0.1) is 6.61 Å². The Bertz CT molecular complexity index is 476. The molecule has 21 heavy (non-hydrogen) atoms. The van der Waals surface area contributed by atoms with Crippen LogP contribution in [-0.4, -0.2) is 27.6 Å². The van der Waals surface area contributed by atoms with E-state index >= 15 is 0 Å². The Kier molecular flexibility index (Phi) is 7.94.